The molecule has 1 aliphatic carbocycles. The highest BCUT2D eigenvalue weighted by molar-refractivity contribution is 5.52. The molecule has 3 heterocycles. The van der Waals surface area contributed by atoms with Crippen molar-refractivity contribution in [2.75, 3.05) is 13.7 Å². The maximum atomic E-state index is 10.1. The van der Waals surface area contributed by atoms with Gasteiger partial charge < -0.3 is 14.4 Å². The third-order valence-electron chi connectivity index (χ3n) is 5.42. The van der Waals surface area contributed by atoms with E-state index in [1.807, 2.05) is 12.1 Å². The lowest BCUT2D eigenvalue weighted by molar-refractivity contribution is -0.0887. The number of aromatic nitrogens is 3. The first-order valence-corrected chi connectivity index (χ1v) is 8.40. The van der Waals surface area contributed by atoms with E-state index < -0.39 is 0 Å². The Morgan fingerprint density at radius 1 is 1.38 bits per heavy atom. The fourth-order valence-corrected chi connectivity index (χ4v) is 4.07. The first-order valence-electron chi connectivity index (χ1n) is 8.40. The van der Waals surface area contributed by atoms with Gasteiger partial charge in [-0.3, -0.25) is 9.88 Å². The van der Waals surface area contributed by atoms with Crippen LogP contribution in [0.5, 0.6) is 0 Å². The van der Waals surface area contributed by atoms with Crippen molar-refractivity contribution in [3.63, 3.8) is 0 Å². The van der Waals surface area contributed by atoms with Gasteiger partial charge in [0.15, 0.2) is 0 Å². The Morgan fingerprint density at radius 2 is 2.21 bits per heavy atom. The molecular formula is C17H22N4O3. The van der Waals surface area contributed by atoms with Gasteiger partial charge in [-0.15, -0.1) is 0 Å². The number of ether oxygens (including phenoxy) is 1. The number of pyridine rings is 1. The molecule has 7 nitrogen and oxygen atoms in total. The summed E-state index contributed by atoms with van der Waals surface area (Å²) >= 11 is 0. The highest BCUT2D eigenvalue weighted by atomic mass is 16.5. The maximum Gasteiger partial charge on any atom is 0.241 e. The van der Waals surface area contributed by atoms with Crippen LogP contribution in [-0.4, -0.2) is 56.5 Å². The molecule has 0 unspecified atom stereocenters. The molecule has 0 bridgehead atoms. The predicted octanol–water partition coefficient (Wildman–Crippen LogP) is 1.64. The molecular weight excluding hydrogens is 308 g/mol. The molecule has 2 fully saturated rings. The van der Waals surface area contributed by atoms with Gasteiger partial charge in [0.1, 0.15) is 0 Å². The molecule has 3 atom stereocenters. The standard InChI is InChI=1S/C17H22N4O3/c1-23-17-5-2-13(22)10-14(17)21(9-6-17)11-15-19-16(20-24-15)12-3-7-18-8-4-12/h3-4,7-8,13-14,22H,2,5-6,9-11H2,1H3/t13-,14-,17+/m0/s1. The molecule has 1 saturated heterocycles. The van der Waals surface area contributed by atoms with Gasteiger partial charge >= 0.3 is 0 Å². The summed E-state index contributed by atoms with van der Waals surface area (Å²) in [7, 11) is 1.78. The SMILES string of the molecule is CO[C@@]12CC[C@H](O)C[C@@H]1N(Cc1nc(-c3ccncc3)no1)CC2. The summed E-state index contributed by atoms with van der Waals surface area (Å²) in [5.41, 5.74) is 0.744. The normalized spacial score (nSPS) is 30.4. The van der Waals surface area contributed by atoms with Crippen LogP contribution in [0.3, 0.4) is 0 Å². The van der Waals surface area contributed by atoms with Crippen LogP contribution in [0.4, 0.5) is 0 Å². The van der Waals surface area contributed by atoms with E-state index in [-0.39, 0.29) is 17.7 Å². The Kier molecular flexibility index (Phi) is 4.07. The predicted molar refractivity (Wildman–Crippen MR) is 85.9 cm³/mol. The Bertz CT molecular complexity index is 692. The lowest BCUT2D eigenvalue weighted by atomic mass is 9.79. The summed E-state index contributed by atoms with van der Waals surface area (Å²) in [5, 5.41) is 14.1. The highest BCUT2D eigenvalue weighted by Crippen LogP contribution is 2.42. The average molecular weight is 330 g/mol. The molecule has 1 N–H and O–H groups in total. The number of hydrogen-bond donors (Lipinski definition) is 1. The van der Waals surface area contributed by atoms with Gasteiger partial charge in [-0.2, -0.15) is 4.98 Å². The van der Waals surface area contributed by atoms with E-state index >= 15 is 0 Å². The summed E-state index contributed by atoms with van der Waals surface area (Å²) in [6, 6.07) is 3.91. The van der Waals surface area contributed by atoms with Gasteiger partial charge in [0.2, 0.25) is 11.7 Å². The van der Waals surface area contributed by atoms with Crippen molar-refractivity contribution in [3.05, 3.63) is 30.4 Å². The van der Waals surface area contributed by atoms with E-state index in [2.05, 4.69) is 20.0 Å². The van der Waals surface area contributed by atoms with Crippen molar-refractivity contribution >= 4 is 0 Å². The third kappa shape index (κ3) is 2.72. The van der Waals surface area contributed by atoms with Crippen molar-refractivity contribution < 1.29 is 14.4 Å². The minimum absolute atomic E-state index is 0.146. The van der Waals surface area contributed by atoms with E-state index in [0.717, 1.165) is 37.8 Å². The fraction of sp³-hybridized carbons (Fsp3) is 0.588. The molecule has 1 saturated carbocycles. The van der Waals surface area contributed by atoms with E-state index in [4.69, 9.17) is 9.26 Å². The van der Waals surface area contributed by atoms with Crippen molar-refractivity contribution in [1.29, 1.82) is 0 Å². The molecule has 0 amide bonds. The van der Waals surface area contributed by atoms with Gasteiger partial charge in [-0.25, -0.2) is 0 Å². The lowest BCUT2D eigenvalue weighted by Gasteiger charge is -2.42. The van der Waals surface area contributed by atoms with E-state index in [0.29, 0.717) is 18.3 Å². The summed E-state index contributed by atoms with van der Waals surface area (Å²) in [6.45, 7) is 1.50. The number of likely N-dealkylation sites (tertiary alicyclic amines) is 1. The Morgan fingerprint density at radius 3 is 3.00 bits per heavy atom. The van der Waals surface area contributed by atoms with Gasteiger partial charge in [0, 0.05) is 37.7 Å². The summed E-state index contributed by atoms with van der Waals surface area (Å²) in [5.74, 6) is 1.17. The van der Waals surface area contributed by atoms with Crippen LogP contribution in [0.2, 0.25) is 0 Å². The first kappa shape index (κ1) is 15.7. The molecule has 4 rings (SSSR count). The minimum Gasteiger partial charge on any atom is -0.393 e. The van der Waals surface area contributed by atoms with Crippen molar-refractivity contribution in [1.82, 2.24) is 20.0 Å². The smallest absolute Gasteiger partial charge is 0.241 e. The quantitative estimate of drug-likeness (QED) is 0.912. The first-order chi connectivity index (χ1) is 11.7. The molecule has 128 valence electrons. The minimum atomic E-state index is -0.256. The zero-order valence-electron chi connectivity index (χ0n) is 13.8. The van der Waals surface area contributed by atoms with Crippen LogP contribution < -0.4 is 0 Å². The monoisotopic (exact) mass is 330 g/mol. The maximum absolute atomic E-state index is 10.1. The molecule has 0 radical (unpaired) electrons. The van der Waals surface area contributed by atoms with Crippen molar-refractivity contribution in [3.8, 4) is 11.4 Å². The largest absolute Gasteiger partial charge is 0.393 e. The topological polar surface area (TPSA) is 84.5 Å². The van der Waals surface area contributed by atoms with Crippen LogP contribution in [0.1, 0.15) is 31.6 Å². The van der Waals surface area contributed by atoms with Gasteiger partial charge in [0.05, 0.1) is 18.2 Å². The molecule has 2 aromatic heterocycles. The number of hydrogen-bond acceptors (Lipinski definition) is 7. The van der Waals surface area contributed by atoms with Crippen molar-refractivity contribution in [2.45, 2.75) is 50.0 Å². The van der Waals surface area contributed by atoms with Crippen LogP contribution in [-0.2, 0) is 11.3 Å². The van der Waals surface area contributed by atoms with E-state index in [9.17, 15) is 5.11 Å². The molecule has 0 aromatic carbocycles. The molecule has 24 heavy (non-hydrogen) atoms. The van der Waals surface area contributed by atoms with Crippen LogP contribution in [0.15, 0.2) is 29.0 Å². The van der Waals surface area contributed by atoms with Crippen LogP contribution in [0.25, 0.3) is 11.4 Å². The zero-order chi connectivity index (χ0) is 16.6. The second kappa shape index (κ2) is 6.23. The van der Waals surface area contributed by atoms with E-state index in [1.165, 1.54) is 0 Å². The number of aliphatic hydroxyl groups is 1. The second-order valence-corrected chi connectivity index (χ2v) is 6.68. The number of rotatable bonds is 4. The number of aliphatic hydroxyl groups excluding tert-OH is 1. The number of nitrogens with zero attached hydrogens (tertiary/aromatic N) is 4. The molecule has 1 aliphatic heterocycles. The molecule has 7 heteroatoms. The molecule has 2 aromatic rings. The summed E-state index contributed by atoms with van der Waals surface area (Å²) in [6.07, 6.45) is 6.59. The number of methoxy groups -OCH3 is 1. The Hall–Kier alpha value is -1.83. The zero-order valence-corrected chi connectivity index (χ0v) is 13.8. The Balaban J connectivity index is 1.51. The van der Waals surface area contributed by atoms with Crippen LogP contribution in [0, 0.1) is 0 Å². The van der Waals surface area contributed by atoms with Gasteiger partial charge in [-0.05, 0) is 37.8 Å². The lowest BCUT2D eigenvalue weighted by Crippen LogP contribution is -2.51. The summed E-state index contributed by atoms with van der Waals surface area (Å²) < 4.78 is 11.3. The Labute approximate surface area is 140 Å². The van der Waals surface area contributed by atoms with E-state index in [1.54, 1.807) is 19.5 Å². The van der Waals surface area contributed by atoms with Crippen LogP contribution >= 0.6 is 0 Å². The second-order valence-electron chi connectivity index (χ2n) is 6.68. The van der Waals surface area contributed by atoms with Crippen molar-refractivity contribution in [2.24, 2.45) is 0 Å². The fourth-order valence-electron chi connectivity index (χ4n) is 4.07. The highest BCUT2D eigenvalue weighted by Gasteiger charge is 2.50. The molecule has 2 aliphatic rings. The van der Waals surface area contributed by atoms with Gasteiger partial charge in [0.25, 0.3) is 0 Å². The number of fused-ring (bicyclic) bond motifs is 1. The average Bonchev–Trinajstić information content (AvgIpc) is 3.22. The molecule has 0 spiro atoms. The van der Waals surface area contributed by atoms with Gasteiger partial charge in [-0.1, -0.05) is 5.16 Å². The summed E-state index contributed by atoms with van der Waals surface area (Å²) in [4.78, 5) is 10.8. The third-order valence-corrected chi connectivity index (χ3v) is 5.42.